The summed E-state index contributed by atoms with van der Waals surface area (Å²) in [6, 6.07) is 2.40. The molecule has 0 aromatic heterocycles. The Hall–Kier alpha value is -6.18. The number of hydrogen-bond acceptors (Lipinski definition) is 6. The van der Waals surface area contributed by atoms with Gasteiger partial charge in [0.05, 0.1) is 27.9 Å². The molecule has 2 aliphatic heterocycles. The first kappa shape index (κ1) is 58.4. The van der Waals surface area contributed by atoms with Crippen LogP contribution in [0.2, 0.25) is 0 Å². The third kappa shape index (κ3) is 9.38. The highest BCUT2D eigenvalue weighted by atomic mass is 19.4. The van der Waals surface area contributed by atoms with Crippen molar-refractivity contribution in [2.75, 3.05) is 4.90 Å². The topological polar surface area (TPSA) is 124 Å². The minimum absolute atomic E-state index is 0.0177. The quantitative estimate of drug-likeness (QED) is 0.119. The van der Waals surface area contributed by atoms with Gasteiger partial charge in [-0.3, -0.25) is 24.5 Å². The number of nitrogens with one attached hydrogen (secondary N) is 1. The van der Waals surface area contributed by atoms with Crippen molar-refractivity contribution < 1.29 is 108 Å². The predicted octanol–water partition coefficient (Wildman–Crippen LogP) is 12.6. The minimum atomic E-state index is -6.89. The molecule has 4 amide bonds. The number of anilines is 1. The second-order valence-corrected chi connectivity index (χ2v) is 16.2. The maximum Gasteiger partial charge on any atom is 0.430 e. The van der Waals surface area contributed by atoms with E-state index in [9.17, 15) is 82.1 Å². The maximum atomic E-state index is 15.1. The molecular formula is C46H38F18N2O6. The first-order valence-electron chi connectivity index (χ1n) is 20.9. The lowest BCUT2D eigenvalue weighted by Crippen LogP contribution is -2.55. The Morgan fingerprint density at radius 1 is 0.486 bits per heavy atom. The molecule has 0 atom stereocenters. The van der Waals surface area contributed by atoms with E-state index in [1.807, 2.05) is 13.8 Å². The Morgan fingerprint density at radius 2 is 0.861 bits per heavy atom. The molecule has 0 radical (unpaired) electrons. The van der Waals surface area contributed by atoms with Crippen LogP contribution in [0.25, 0.3) is 0 Å². The molecule has 0 saturated carbocycles. The van der Waals surface area contributed by atoms with Crippen LogP contribution < -0.4 is 10.2 Å². The zero-order valence-electron chi connectivity index (χ0n) is 37.7. The van der Waals surface area contributed by atoms with Crippen LogP contribution in [0.1, 0.15) is 134 Å². The second-order valence-electron chi connectivity index (χ2n) is 16.2. The molecule has 72 heavy (non-hydrogen) atoms. The number of halogens is 18. The highest BCUT2D eigenvalue weighted by Crippen LogP contribution is 2.58. The number of alkyl halides is 18. The summed E-state index contributed by atoms with van der Waals surface area (Å²) in [4.78, 5) is 51.3. The van der Waals surface area contributed by atoms with Gasteiger partial charge in [0.15, 0.2) is 0 Å². The highest BCUT2D eigenvalue weighted by Gasteiger charge is 2.75. The molecule has 6 rings (SSSR count). The van der Waals surface area contributed by atoms with Crippen molar-refractivity contribution in [3.8, 4) is 0 Å². The average molecular weight is 1060 g/mol. The number of imide groups is 2. The number of carbonyl (C=O) groups excluding carboxylic acids is 4. The van der Waals surface area contributed by atoms with Crippen LogP contribution in [0.5, 0.6) is 0 Å². The molecule has 2 aliphatic rings. The van der Waals surface area contributed by atoms with E-state index in [4.69, 9.17) is 0 Å². The van der Waals surface area contributed by atoms with Crippen molar-refractivity contribution in [3.63, 3.8) is 0 Å². The van der Waals surface area contributed by atoms with Gasteiger partial charge in [0.2, 0.25) is 5.41 Å². The van der Waals surface area contributed by atoms with E-state index >= 15 is 26.3 Å². The third-order valence-corrected chi connectivity index (χ3v) is 11.2. The molecule has 2 heterocycles. The lowest BCUT2D eigenvalue weighted by Gasteiger charge is -2.38. The van der Waals surface area contributed by atoms with Gasteiger partial charge in [-0.05, 0) is 76.6 Å². The highest BCUT2D eigenvalue weighted by molar-refractivity contribution is 6.34. The fourth-order valence-corrected chi connectivity index (χ4v) is 7.95. The van der Waals surface area contributed by atoms with Crippen LogP contribution in [-0.4, -0.2) is 70.9 Å². The summed E-state index contributed by atoms with van der Waals surface area (Å²) < 4.78 is 262. The summed E-state index contributed by atoms with van der Waals surface area (Å²) in [6.07, 6.45) is -39.7. The molecule has 8 nitrogen and oxygen atoms in total. The van der Waals surface area contributed by atoms with E-state index in [2.05, 4.69) is 13.8 Å². The lowest BCUT2D eigenvalue weighted by molar-refractivity contribution is -0.376. The summed E-state index contributed by atoms with van der Waals surface area (Å²) in [5.41, 5.74) is -33.7. The van der Waals surface area contributed by atoms with E-state index in [0.29, 0.717) is 18.2 Å². The predicted molar refractivity (Wildman–Crippen MR) is 218 cm³/mol. The number of fused-ring (bicyclic) bond motifs is 2. The fourth-order valence-electron chi connectivity index (χ4n) is 7.95. The molecule has 0 unspecified atom stereocenters. The van der Waals surface area contributed by atoms with Gasteiger partial charge in [-0.25, -0.2) is 4.90 Å². The summed E-state index contributed by atoms with van der Waals surface area (Å²) in [5, 5.41) is 22.4. The Bertz CT molecular complexity index is 2710. The fraction of sp³-hybridized carbons (Fsp3) is 0.391. The molecule has 26 heteroatoms. The van der Waals surface area contributed by atoms with Gasteiger partial charge >= 0.3 is 37.1 Å². The Morgan fingerprint density at radius 3 is 1.29 bits per heavy atom. The molecule has 0 fully saturated rings. The standard InChI is InChI=1S/C41H24F18N2O6.C3H8.C2H6/c1-16(2)21-7-3-17(12-26(21)34(66,38(48,49)50)39(51,52)53)11-18-4-10-28(27(13-18)35(67,40(54,55)56)41(57,58)59)61-31(64)23-9-6-20(15-25(23)32(61)65)33(36(42,43)44,37(45,46)47)19-5-8-22-24(14-19)30(63)60-29(22)62;1-3-2;1-2/h3-10,12-16,66-67H,11H2,1-2H3,(H,60,62,63);3H2,1-2H3;1-2H3. The largest absolute Gasteiger partial charge is 0.430 e. The molecule has 0 saturated heterocycles. The summed E-state index contributed by atoms with van der Waals surface area (Å²) >= 11 is 0. The number of aliphatic hydroxyl groups is 2. The molecule has 0 spiro atoms. The Labute approximate surface area is 395 Å². The Kier molecular flexibility index (Phi) is 15.7. The third-order valence-electron chi connectivity index (χ3n) is 11.2. The molecule has 4 aromatic rings. The number of benzene rings is 4. The van der Waals surface area contributed by atoms with Crippen LogP contribution in [0.4, 0.5) is 84.7 Å². The van der Waals surface area contributed by atoms with Crippen molar-refractivity contribution in [1.82, 2.24) is 5.32 Å². The molecule has 394 valence electrons. The summed E-state index contributed by atoms with van der Waals surface area (Å²) in [7, 11) is 0. The van der Waals surface area contributed by atoms with Gasteiger partial charge in [0.1, 0.15) is 0 Å². The normalized spacial score (nSPS) is 15.0. The van der Waals surface area contributed by atoms with Gasteiger partial charge in [-0.15, -0.1) is 0 Å². The van der Waals surface area contributed by atoms with Crippen LogP contribution >= 0.6 is 0 Å². The SMILES string of the molecule is CC.CC(C)c1ccc(Cc2ccc(N3C(=O)c4ccc(C(c5ccc6c(c5)C(=O)NC6=O)(C(F)(F)F)C(F)(F)F)cc4C3=O)c(C(O)(C(F)(F)F)C(F)(F)F)c2)cc1C(O)(C(F)(F)F)C(F)(F)F.CCC. The van der Waals surface area contributed by atoms with Crippen molar-refractivity contribution in [2.45, 2.75) is 114 Å². The van der Waals surface area contributed by atoms with Crippen molar-refractivity contribution in [2.24, 2.45) is 0 Å². The average Bonchev–Trinajstić information content (AvgIpc) is 3.66. The van der Waals surface area contributed by atoms with Crippen molar-refractivity contribution in [1.29, 1.82) is 0 Å². The summed E-state index contributed by atoms with van der Waals surface area (Å²) in [5.74, 6) is -7.98. The van der Waals surface area contributed by atoms with E-state index in [1.165, 1.54) is 6.42 Å². The number of carbonyl (C=O) groups is 4. The number of hydrogen-bond donors (Lipinski definition) is 3. The number of nitrogens with zero attached hydrogens (tertiary/aromatic N) is 1. The zero-order chi connectivity index (χ0) is 55.5. The van der Waals surface area contributed by atoms with E-state index < -0.39 is 161 Å². The molecule has 4 aromatic carbocycles. The summed E-state index contributed by atoms with van der Waals surface area (Å²) in [6.45, 7) is 10.5. The van der Waals surface area contributed by atoms with Gasteiger partial charge < -0.3 is 10.2 Å². The van der Waals surface area contributed by atoms with Crippen LogP contribution in [0.3, 0.4) is 0 Å². The maximum absolute atomic E-state index is 15.1. The molecule has 3 N–H and O–H groups in total. The van der Waals surface area contributed by atoms with Crippen molar-refractivity contribution >= 4 is 29.3 Å². The Balaban J connectivity index is 0.00000217. The van der Waals surface area contributed by atoms with Gasteiger partial charge in [-0.2, -0.15) is 79.0 Å². The molecule has 0 bridgehead atoms. The smallest absolute Gasteiger partial charge is 0.369 e. The van der Waals surface area contributed by atoms with Crippen LogP contribution in [0.15, 0.2) is 72.8 Å². The first-order chi connectivity index (χ1) is 32.7. The lowest BCUT2D eigenvalue weighted by atomic mass is 9.71. The monoisotopic (exact) mass is 1060 g/mol. The second kappa shape index (κ2) is 19.3. The van der Waals surface area contributed by atoms with Crippen molar-refractivity contribution in [3.05, 3.63) is 134 Å². The minimum Gasteiger partial charge on any atom is -0.369 e. The molecule has 0 aliphatic carbocycles. The number of amides is 4. The number of rotatable bonds is 8. The zero-order valence-corrected chi connectivity index (χ0v) is 37.7. The van der Waals surface area contributed by atoms with E-state index in [0.717, 1.165) is 19.9 Å². The first-order valence-corrected chi connectivity index (χ1v) is 20.9. The molecular weight excluding hydrogens is 1020 g/mol. The van der Waals surface area contributed by atoms with Gasteiger partial charge in [0, 0.05) is 11.1 Å². The van der Waals surface area contributed by atoms with Crippen LogP contribution in [-0.2, 0) is 23.0 Å². The van der Waals surface area contributed by atoms with Gasteiger partial charge in [0.25, 0.3) is 34.8 Å². The van der Waals surface area contributed by atoms with Gasteiger partial charge in [-0.1, -0.05) is 84.4 Å². The van der Waals surface area contributed by atoms with E-state index in [-0.39, 0.29) is 48.5 Å². The van der Waals surface area contributed by atoms with Crippen LogP contribution in [0, 0.1) is 0 Å². The van der Waals surface area contributed by atoms with E-state index in [1.54, 1.807) is 5.32 Å².